The highest BCUT2D eigenvalue weighted by molar-refractivity contribution is 7.89. The summed E-state index contributed by atoms with van der Waals surface area (Å²) in [6, 6.07) is 6.28. The van der Waals surface area contributed by atoms with Gasteiger partial charge in [-0.1, -0.05) is 12.1 Å². The normalized spacial score (nSPS) is 13.2. The second-order valence-electron chi connectivity index (χ2n) is 4.68. The van der Waals surface area contributed by atoms with Crippen molar-refractivity contribution in [2.45, 2.75) is 24.3 Å². The van der Waals surface area contributed by atoms with Gasteiger partial charge in [0.1, 0.15) is 0 Å². The van der Waals surface area contributed by atoms with Crippen LogP contribution >= 0.6 is 0 Å². The lowest BCUT2D eigenvalue weighted by Crippen LogP contribution is -2.28. The number of nitrogens with two attached hydrogens (primary N) is 1. The Bertz CT molecular complexity index is 553. The Morgan fingerprint density at radius 3 is 2.30 bits per heavy atom. The van der Waals surface area contributed by atoms with E-state index in [0.29, 0.717) is 6.54 Å². The van der Waals surface area contributed by atoms with E-state index in [1.54, 1.807) is 12.1 Å². The molecule has 0 radical (unpaired) electrons. The summed E-state index contributed by atoms with van der Waals surface area (Å²) in [5.74, 6) is -0.120. The zero-order valence-corrected chi connectivity index (χ0v) is 12.8. The molecule has 1 aromatic carbocycles. The molecule has 1 rings (SSSR count). The highest BCUT2D eigenvalue weighted by atomic mass is 32.2. The monoisotopic (exact) mass is 299 g/mol. The molecule has 1 amide bonds. The summed E-state index contributed by atoms with van der Waals surface area (Å²) in [6.45, 7) is 2.14. The Kier molecular flexibility index (Phi) is 5.67. The van der Waals surface area contributed by atoms with Crippen LogP contribution in [0.4, 0.5) is 0 Å². The Hall–Kier alpha value is -1.44. The van der Waals surface area contributed by atoms with E-state index < -0.39 is 10.0 Å². The van der Waals surface area contributed by atoms with Gasteiger partial charge in [0, 0.05) is 27.1 Å². The van der Waals surface area contributed by atoms with Crippen LogP contribution in [0.1, 0.15) is 24.9 Å². The highest BCUT2D eigenvalue weighted by Gasteiger charge is 2.17. The first kappa shape index (κ1) is 16.6. The lowest BCUT2D eigenvalue weighted by atomic mass is 10.1. The summed E-state index contributed by atoms with van der Waals surface area (Å²) in [4.78, 5) is 11.7. The second-order valence-corrected chi connectivity index (χ2v) is 6.84. The third kappa shape index (κ3) is 4.03. The molecule has 0 heterocycles. The van der Waals surface area contributed by atoms with Gasteiger partial charge < -0.3 is 11.1 Å². The molecule has 1 aromatic rings. The number of hydrogen-bond acceptors (Lipinski definition) is 4. The molecular weight excluding hydrogens is 278 g/mol. The van der Waals surface area contributed by atoms with Gasteiger partial charge in [-0.15, -0.1) is 0 Å². The average Bonchev–Trinajstić information content (AvgIpc) is 2.38. The van der Waals surface area contributed by atoms with Gasteiger partial charge in [0.05, 0.1) is 10.9 Å². The molecule has 0 spiro atoms. The van der Waals surface area contributed by atoms with E-state index in [0.717, 1.165) is 9.87 Å². The van der Waals surface area contributed by atoms with Crippen molar-refractivity contribution in [3.63, 3.8) is 0 Å². The summed E-state index contributed by atoms with van der Waals surface area (Å²) in [6.07, 6.45) is 0.275. The number of carbonyl (C=O) groups excluding carboxylic acids is 1. The predicted molar refractivity (Wildman–Crippen MR) is 77.5 cm³/mol. The fraction of sp³-hybridized carbons (Fsp3) is 0.462. The number of nitrogens with zero attached hydrogens (tertiary/aromatic N) is 1. The van der Waals surface area contributed by atoms with Gasteiger partial charge >= 0.3 is 0 Å². The quantitative estimate of drug-likeness (QED) is 0.798. The van der Waals surface area contributed by atoms with Crippen molar-refractivity contribution in [2.24, 2.45) is 5.73 Å². The molecule has 0 aliphatic carbocycles. The fourth-order valence-corrected chi connectivity index (χ4v) is 2.57. The van der Waals surface area contributed by atoms with E-state index in [4.69, 9.17) is 5.73 Å². The van der Waals surface area contributed by atoms with Crippen molar-refractivity contribution in [2.75, 3.05) is 20.6 Å². The second kappa shape index (κ2) is 6.83. The molecule has 112 valence electrons. The van der Waals surface area contributed by atoms with Crippen molar-refractivity contribution in [3.05, 3.63) is 29.8 Å². The molecule has 1 atom stereocenters. The average molecular weight is 299 g/mol. The van der Waals surface area contributed by atoms with Crippen molar-refractivity contribution < 1.29 is 13.2 Å². The van der Waals surface area contributed by atoms with Crippen LogP contribution in [0.5, 0.6) is 0 Å². The minimum Gasteiger partial charge on any atom is -0.350 e. The molecule has 0 bridgehead atoms. The molecule has 0 aromatic heterocycles. The maximum absolute atomic E-state index is 11.9. The topological polar surface area (TPSA) is 92.5 Å². The van der Waals surface area contributed by atoms with Crippen molar-refractivity contribution in [3.8, 4) is 0 Å². The molecule has 0 aliphatic heterocycles. The Morgan fingerprint density at radius 1 is 1.30 bits per heavy atom. The molecule has 0 saturated heterocycles. The molecule has 0 fully saturated rings. The van der Waals surface area contributed by atoms with Crippen LogP contribution in [0.3, 0.4) is 0 Å². The number of benzene rings is 1. The first-order chi connectivity index (χ1) is 9.28. The van der Waals surface area contributed by atoms with Gasteiger partial charge in [0.15, 0.2) is 0 Å². The van der Waals surface area contributed by atoms with Crippen molar-refractivity contribution >= 4 is 15.9 Å². The van der Waals surface area contributed by atoms with Gasteiger partial charge in [0.25, 0.3) is 0 Å². The lowest BCUT2D eigenvalue weighted by molar-refractivity contribution is -0.121. The SMILES string of the molecule is CC(NC(=O)CCN)c1ccc(S(=O)(=O)N(C)C)cc1. The number of hydrogen-bond donors (Lipinski definition) is 2. The third-order valence-corrected chi connectivity index (χ3v) is 4.74. The van der Waals surface area contributed by atoms with Crippen LogP contribution in [0.25, 0.3) is 0 Å². The summed E-state index contributed by atoms with van der Waals surface area (Å²) in [7, 11) is -0.452. The minimum atomic E-state index is -3.42. The van der Waals surface area contributed by atoms with E-state index in [-0.39, 0.29) is 23.3 Å². The summed E-state index contributed by atoms with van der Waals surface area (Å²) in [5, 5.41) is 2.80. The van der Waals surface area contributed by atoms with Gasteiger partial charge in [-0.05, 0) is 24.6 Å². The Balaban J connectivity index is 2.84. The van der Waals surface area contributed by atoms with Crippen LogP contribution in [0.2, 0.25) is 0 Å². The van der Waals surface area contributed by atoms with Gasteiger partial charge in [-0.25, -0.2) is 12.7 Å². The van der Waals surface area contributed by atoms with Crippen LogP contribution < -0.4 is 11.1 Å². The number of nitrogens with one attached hydrogen (secondary N) is 1. The first-order valence-electron chi connectivity index (χ1n) is 6.31. The van der Waals surface area contributed by atoms with Crippen molar-refractivity contribution in [1.29, 1.82) is 0 Å². The van der Waals surface area contributed by atoms with Crippen molar-refractivity contribution in [1.82, 2.24) is 9.62 Å². The molecule has 3 N–H and O–H groups in total. The van der Waals surface area contributed by atoms with Crippen LogP contribution in [-0.4, -0.2) is 39.3 Å². The Labute approximate surface area is 120 Å². The fourth-order valence-electron chi connectivity index (χ4n) is 1.67. The first-order valence-corrected chi connectivity index (χ1v) is 7.75. The maximum Gasteiger partial charge on any atom is 0.242 e. The summed E-state index contributed by atoms with van der Waals surface area (Å²) >= 11 is 0. The number of amides is 1. The van der Waals surface area contributed by atoms with Crippen LogP contribution in [0.15, 0.2) is 29.2 Å². The van der Waals surface area contributed by atoms with Crippen LogP contribution in [0, 0.1) is 0 Å². The van der Waals surface area contributed by atoms with Gasteiger partial charge in [0.2, 0.25) is 15.9 Å². The summed E-state index contributed by atoms with van der Waals surface area (Å²) in [5.41, 5.74) is 6.15. The van der Waals surface area contributed by atoms with E-state index in [9.17, 15) is 13.2 Å². The largest absolute Gasteiger partial charge is 0.350 e. The molecule has 0 aliphatic rings. The van der Waals surface area contributed by atoms with E-state index in [1.807, 2.05) is 6.92 Å². The zero-order chi connectivity index (χ0) is 15.3. The number of carbonyl (C=O) groups is 1. The van der Waals surface area contributed by atoms with E-state index in [1.165, 1.54) is 26.2 Å². The number of sulfonamides is 1. The lowest BCUT2D eigenvalue weighted by Gasteiger charge is -2.16. The van der Waals surface area contributed by atoms with Gasteiger partial charge in [-0.2, -0.15) is 0 Å². The zero-order valence-electron chi connectivity index (χ0n) is 12.0. The molecule has 0 saturated carbocycles. The molecular formula is C13H21N3O3S. The smallest absolute Gasteiger partial charge is 0.242 e. The predicted octanol–water partition coefficient (Wildman–Crippen LogP) is 0.463. The van der Waals surface area contributed by atoms with E-state index >= 15 is 0 Å². The highest BCUT2D eigenvalue weighted by Crippen LogP contribution is 2.18. The molecule has 7 heteroatoms. The molecule has 1 unspecified atom stereocenters. The van der Waals surface area contributed by atoms with Gasteiger partial charge in [-0.3, -0.25) is 4.79 Å². The third-order valence-electron chi connectivity index (χ3n) is 2.91. The summed E-state index contributed by atoms with van der Waals surface area (Å²) < 4.78 is 25.0. The van der Waals surface area contributed by atoms with Crippen LogP contribution in [-0.2, 0) is 14.8 Å². The number of rotatable bonds is 6. The Morgan fingerprint density at radius 2 is 1.85 bits per heavy atom. The van der Waals surface area contributed by atoms with E-state index in [2.05, 4.69) is 5.32 Å². The molecule has 6 nitrogen and oxygen atoms in total. The molecule has 20 heavy (non-hydrogen) atoms. The maximum atomic E-state index is 11.9. The minimum absolute atomic E-state index is 0.120. The standard InChI is InChI=1S/C13H21N3O3S/c1-10(15-13(17)8-9-14)11-4-6-12(7-5-11)20(18,19)16(2)3/h4-7,10H,8-9,14H2,1-3H3,(H,15,17).